The van der Waals surface area contributed by atoms with Gasteiger partial charge >= 0.3 is 0 Å². The van der Waals surface area contributed by atoms with Crippen LogP contribution in [-0.4, -0.2) is 0 Å². The van der Waals surface area contributed by atoms with Crippen molar-refractivity contribution in [3.63, 3.8) is 0 Å². The Hall–Kier alpha value is -6.38. The van der Waals surface area contributed by atoms with Crippen molar-refractivity contribution in [3.8, 4) is 0 Å². The summed E-state index contributed by atoms with van der Waals surface area (Å²) in [6.07, 6.45) is 15.0. The Kier molecular flexibility index (Phi) is 7.29. The molecule has 238 valence electrons. The van der Waals surface area contributed by atoms with E-state index in [1.54, 1.807) is 0 Å². The van der Waals surface area contributed by atoms with Gasteiger partial charge in [0.15, 0.2) is 0 Å². The van der Waals surface area contributed by atoms with E-state index in [1.807, 2.05) is 36.4 Å². The van der Waals surface area contributed by atoms with Gasteiger partial charge in [0.05, 0.1) is 0 Å². The lowest BCUT2D eigenvalue weighted by atomic mass is 9.91. The lowest BCUT2D eigenvalue weighted by molar-refractivity contribution is 0.667. The molecule has 0 fully saturated rings. The lowest BCUT2D eigenvalue weighted by Crippen LogP contribution is -2.29. The van der Waals surface area contributed by atoms with Gasteiger partial charge in [-0.05, 0) is 80.8 Å². The normalized spacial score (nSPS) is 17.1. The summed E-state index contributed by atoms with van der Waals surface area (Å²) in [5.74, 6) is 0. The minimum atomic E-state index is 0.867. The number of fused-ring (bicyclic) bond motifs is 10. The fourth-order valence-corrected chi connectivity index (χ4v) is 7.36. The number of furan rings is 2. The third kappa shape index (κ3) is 4.96. The number of para-hydroxylation sites is 2. The third-order valence-corrected chi connectivity index (χ3v) is 9.83. The minimum absolute atomic E-state index is 0.867. The second-order valence-electron chi connectivity index (χ2n) is 12.9. The van der Waals surface area contributed by atoms with Crippen molar-refractivity contribution >= 4 is 71.4 Å². The zero-order valence-electron chi connectivity index (χ0n) is 27.7. The van der Waals surface area contributed by atoms with E-state index in [9.17, 15) is 0 Å². The Bertz CT molecular complexity index is 2890. The SMILES string of the molecule is C=C(/C=C\C(=C)c1ccccc1)C1=c2\cccc\c2=C(c2cc3c(ccc4c5ccccc5oc43)c3c2oc2ccccc23)\C=C\CC\C=C\1. The summed E-state index contributed by atoms with van der Waals surface area (Å²) in [4.78, 5) is 0. The van der Waals surface area contributed by atoms with Gasteiger partial charge in [-0.1, -0.05) is 147 Å². The molecule has 0 atom stereocenters. The Morgan fingerprint density at radius 2 is 1.14 bits per heavy atom. The quantitative estimate of drug-likeness (QED) is 0.175. The van der Waals surface area contributed by atoms with E-state index in [1.165, 1.54) is 0 Å². The van der Waals surface area contributed by atoms with Gasteiger partial charge in [0.1, 0.15) is 22.3 Å². The molecule has 1 aliphatic carbocycles. The summed E-state index contributed by atoms with van der Waals surface area (Å²) in [6.45, 7) is 8.89. The van der Waals surface area contributed by atoms with Gasteiger partial charge in [-0.2, -0.15) is 0 Å². The van der Waals surface area contributed by atoms with Crippen LogP contribution in [0.25, 0.3) is 71.4 Å². The monoisotopic (exact) mass is 642 g/mol. The predicted octanol–water partition coefficient (Wildman–Crippen LogP) is 11.7. The highest BCUT2D eigenvalue weighted by molar-refractivity contribution is 6.27. The fourth-order valence-electron chi connectivity index (χ4n) is 7.36. The van der Waals surface area contributed by atoms with E-state index < -0.39 is 0 Å². The first kappa shape index (κ1) is 29.7. The lowest BCUT2D eigenvalue weighted by Gasteiger charge is -2.12. The van der Waals surface area contributed by atoms with E-state index >= 15 is 0 Å². The van der Waals surface area contributed by atoms with Crippen LogP contribution in [0.2, 0.25) is 0 Å². The molecule has 0 amide bonds. The molecule has 2 heteroatoms. The average Bonchev–Trinajstić information content (AvgIpc) is 3.75. The van der Waals surface area contributed by atoms with Gasteiger partial charge in [-0.15, -0.1) is 0 Å². The molecule has 0 aliphatic heterocycles. The molecule has 2 nitrogen and oxygen atoms in total. The summed E-state index contributed by atoms with van der Waals surface area (Å²) in [6, 6.07) is 42.2. The predicted molar refractivity (Wildman–Crippen MR) is 211 cm³/mol. The Morgan fingerprint density at radius 1 is 0.520 bits per heavy atom. The Labute approximate surface area is 290 Å². The number of hydrogen-bond acceptors (Lipinski definition) is 2. The number of hydrogen-bond donors (Lipinski definition) is 0. The largest absolute Gasteiger partial charge is 0.455 e. The fraction of sp³-hybridized carbons (Fsp3) is 0.0417. The highest BCUT2D eigenvalue weighted by atomic mass is 16.3. The maximum atomic E-state index is 6.80. The van der Waals surface area contributed by atoms with Gasteiger partial charge in [-0.3, -0.25) is 0 Å². The summed E-state index contributed by atoms with van der Waals surface area (Å²) in [5, 5.41) is 8.82. The minimum Gasteiger partial charge on any atom is -0.455 e. The van der Waals surface area contributed by atoms with Crippen LogP contribution in [0.4, 0.5) is 0 Å². The maximum absolute atomic E-state index is 6.80. The van der Waals surface area contributed by atoms with E-state index in [0.29, 0.717) is 0 Å². The number of benzene rings is 6. The second-order valence-corrected chi connectivity index (χ2v) is 12.9. The van der Waals surface area contributed by atoms with Crippen molar-refractivity contribution in [1.82, 2.24) is 0 Å². The molecule has 1 aliphatic rings. The van der Waals surface area contributed by atoms with Crippen molar-refractivity contribution in [2.45, 2.75) is 12.8 Å². The van der Waals surface area contributed by atoms with Gasteiger partial charge in [0.2, 0.25) is 0 Å². The highest BCUT2D eigenvalue weighted by Gasteiger charge is 2.20. The number of rotatable bonds is 5. The first-order valence-corrected chi connectivity index (χ1v) is 17.1. The van der Waals surface area contributed by atoms with Crippen LogP contribution in [0.1, 0.15) is 24.0 Å². The summed E-state index contributed by atoms with van der Waals surface area (Å²) in [7, 11) is 0. The molecule has 0 saturated carbocycles. The summed E-state index contributed by atoms with van der Waals surface area (Å²) < 4.78 is 13.4. The topological polar surface area (TPSA) is 26.3 Å². The van der Waals surface area contributed by atoms with Crippen LogP contribution in [0.15, 0.2) is 185 Å². The van der Waals surface area contributed by atoms with Crippen LogP contribution >= 0.6 is 0 Å². The molecule has 0 bridgehead atoms. The first-order valence-electron chi connectivity index (χ1n) is 17.1. The standard InChI is InChI=1S/C48H34O2/c1-31(33-16-6-5-7-17-33)26-27-32(2)34-18-8-3-4-9-19-37(36-21-11-10-20-35(34)36)42-30-43-39(46-41-23-13-15-25-45(41)50-48(42)46)28-29-40-38-22-12-14-24-44(38)49-47(40)43/h5-30H,1-4H2/b18-8+,19-9+,27-26-,35-34+,37-36+. The van der Waals surface area contributed by atoms with E-state index in [0.717, 1.165) is 111 Å². The Morgan fingerprint density at radius 3 is 1.96 bits per heavy atom. The van der Waals surface area contributed by atoms with Crippen LogP contribution in [0.3, 0.4) is 0 Å². The van der Waals surface area contributed by atoms with Crippen LogP contribution in [0.5, 0.6) is 0 Å². The van der Waals surface area contributed by atoms with Gasteiger partial charge in [-0.25, -0.2) is 0 Å². The maximum Gasteiger partial charge on any atom is 0.143 e. The molecule has 0 unspecified atom stereocenters. The van der Waals surface area contributed by atoms with E-state index in [-0.39, 0.29) is 0 Å². The third-order valence-electron chi connectivity index (χ3n) is 9.83. The van der Waals surface area contributed by atoms with E-state index in [4.69, 9.17) is 8.83 Å². The van der Waals surface area contributed by atoms with Crippen molar-refractivity contribution in [2.75, 3.05) is 0 Å². The highest BCUT2D eigenvalue weighted by Crippen LogP contribution is 2.43. The van der Waals surface area contributed by atoms with Crippen LogP contribution in [0, 0.1) is 0 Å². The smallest absolute Gasteiger partial charge is 0.143 e. The second kappa shape index (κ2) is 12.3. The zero-order valence-corrected chi connectivity index (χ0v) is 27.7. The molecule has 50 heavy (non-hydrogen) atoms. The van der Waals surface area contributed by atoms with E-state index in [2.05, 4.69) is 135 Å². The zero-order chi connectivity index (χ0) is 33.6. The molecule has 0 saturated heterocycles. The van der Waals surface area contributed by atoms with Gasteiger partial charge < -0.3 is 8.83 Å². The molecule has 2 heterocycles. The average molecular weight is 643 g/mol. The molecule has 0 N–H and O–H groups in total. The molecule has 8 aromatic rings. The summed E-state index contributed by atoms with van der Waals surface area (Å²) >= 11 is 0. The molecule has 0 radical (unpaired) electrons. The van der Waals surface area contributed by atoms with Crippen LogP contribution in [-0.2, 0) is 0 Å². The first-order chi connectivity index (χ1) is 24.7. The Balaban J connectivity index is 1.37. The molecular weight excluding hydrogens is 609 g/mol. The van der Waals surface area contributed by atoms with Crippen molar-refractivity contribution in [3.05, 3.63) is 198 Å². The molecule has 2 aromatic heterocycles. The summed E-state index contributed by atoms with van der Waals surface area (Å²) in [5.41, 5.74) is 9.68. The van der Waals surface area contributed by atoms with Crippen molar-refractivity contribution < 1.29 is 8.83 Å². The molecule has 0 spiro atoms. The molecule has 6 aromatic carbocycles. The molecule has 9 rings (SSSR count). The van der Waals surface area contributed by atoms with Gasteiger partial charge in [0.25, 0.3) is 0 Å². The van der Waals surface area contributed by atoms with Crippen LogP contribution < -0.4 is 10.4 Å². The van der Waals surface area contributed by atoms with Gasteiger partial charge in [0, 0.05) is 32.5 Å². The number of allylic oxidation sites excluding steroid dienone is 8. The van der Waals surface area contributed by atoms with Crippen molar-refractivity contribution in [1.29, 1.82) is 0 Å². The van der Waals surface area contributed by atoms with Crippen molar-refractivity contribution in [2.24, 2.45) is 0 Å². The molecular formula is C48H34O2.